The first kappa shape index (κ1) is 14.8. The number of carbonyl (C=O) groups is 1. The van der Waals surface area contributed by atoms with E-state index < -0.39 is 17.7 Å². The number of halogens is 4. The number of aromatic carboxylic acids is 1. The summed E-state index contributed by atoms with van der Waals surface area (Å²) in [6.45, 7) is 1.60. The van der Waals surface area contributed by atoms with Gasteiger partial charge in [-0.1, -0.05) is 6.07 Å². The van der Waals surface area contributed by atoms with Crippen molar-refractivity contribution in [2.45, 2.75) is 13.1 Å². The molecule has 0 saturated heterocycles. The second-order valence-electron chi connectivity index (χ2n) is 4.01. The number of aromatic nitrogens is 2. The molecule has 1 aromatic heterocycles. The molecule has 0 atom stereocenters. The van der Waals surface area contributed by atoms with Crippen LogP contribution in [0, 0.1) is 10.5 Å². The Hall–Kier alpha value is -1.58. The quantitative estimate of drug-likeness (QED) is 0.791. The molecule has 0 aliphatic heterocycles. The van der Waals surface area contributed by atoms with Crippen molar-refractivity contribution in [2.75, 3.05) is 0 Å². The molecule has 20 heavy (non-hydrogen) atoms. The summed E-state index contributed by atoms with van der Waals surface area (Å²) in [6.07, 6.45) is -4.46. The van der Waals surface area contributed by atoms with Gasteiger partial charge in [-0.25, -0.2) is 9.48 Å². The van der Waals surface area contributed by atoms with Crippen molar-refractivity contribution in [1.29, 1.82) is 0 Å². The lowest BCUT2D eigenvalue weighted by Crippen LogP contribution is -2.07. The van der Waals surface area contributed by atoms with Crippen LogP contribution in [0.1, 0.15) is 21.7 Å². The summed E-state index contributed by atoms with van der Waals surface area (Å²) in [6, 6.07) is 4.58. The van der Waals surface area contributed by atoms with Gasteiger partial charge in [0.1, 0.15) is 0 Å². The van der Waals surface area contributed by atoms with Gasteiger partial charge in [0.25, 0.3) is 0 Å². The minimum absolute atomic E-state index is 0.169. The summed E-state index contributed by atoms with van der Waals surface area (Å²) in [5, 5.41) is 12.8. The fraction of sp³-hybridized carbons (Fsp3) is 0.167. The normalized spacial score (nSPS) is 11.7. The van der Waals surface area contributed by atoms with Gasteiger partial charge in [-0.15, -0.1) is 0 Å². The first-order valence-corrected chi connectivity index (χ1v) is 6.45. The second-order valence-corrected chi connectivity index (χ2v) is 5.09. The van der Waals surface area contributed by atoms with E-state index >= 15 is 0 Å². The third kappa shape index (κ3) is 2.65. The van der Waals surface area contributed by atoms with Crippen LogP contribution in [0.15, 0.2) is 24.3 Å². The van der Waals surface area contributed by atoms with Crippen molar-refractivity contribution >= 4 is 28.6 Å². The van der Waals surface area contributed by atoms with Crippen LogP contribution in [0.5, 0.6) is 0 Å². The number of benzene rings is 1. The monoisotopic (exact) mass is 396 g/mol. The topological polar surface area (TPSA) is 55.1 Å². The van der Waals surface area contributed by atoms with Crippen LogP contribution in [0.2, 0.25) is 0 Å². The predicted octanol–water partition coefficient (Wildman–Crippen LogP) is 3.50. The van der Waals surface area contributed by atoms with E-state index in [1.54, 1.807) is 29.5 Å². The molecule has 1 heterocycles. The molecule has 0 radical (unpaired) electrons. The van der Waals surface area contributed by atoms with Crippen LogP contribution in [-0.4, -0.2) is 20.9 Å². The highest BCUT2D eigenvalue weighted by Gasteiger charge is 2.31. The Morgan fingerprint density at radius 1 is 1.40 bits per heavy atom. The van der Waals surface area contributed by atoms with Crippen molar-refractivity contribution in [3.63, 3.8) is 0 Å². The van der Waals surface area contributed by atoms with Crippen LogP contribution >= 0.6 is 22.6 Å². The number of rotatable bonds is 2. The fourth-order valence-corrected chi connectivity index (χ4v) is 2.25. The molecule has 0 amide bonds. The third-order valence-corrected chi connectivity index (χ3v) is 3.96. The smallest absolute Gasteiger partial charge is 0.416 e. The Balaban J connectivity index is 2.58. The van der Waals surface area contributed by atoms with Crippen molar-refractivity contribution in [3.8, 4) is 5.69 Å². The minimum Gasteiger partial charge on any atom is -0.476 e. The SMILES string of the molecule is Cc1c(I)c(C(=O)O)nn1-c1cccc(C(F)(F)F)c1. The molecule has 4 nitrogen and oxygen atoms in total. The molecule has 2 aromatic rings. The average molecular weight is 396 g/mol. The van der Waals surface area contributed by atoms with Crippen LogP contribution in [0.4, 0.5) is 13.2 Å². The molecule has 0 aliphatic carbocycles. The molecule has 1 N–H and O–H groups in total. The van der Waals surface area contributed by atoms with E-state index in [1.807, 2.05) is 0 Å². The Morgan fingerprint density at radius 2 is 2.05 bits per heavy atom. The molecule has 106 valence electrons. The highest BCUT2D eigenvalue weighted by atomic mass is 127. The van der Waals surface area contributed by atoms with Gasteiger partial charge >= 0.3 is 12.1 Å². The first-order chi connectivity index (χ1) is 9.21. The molecule has 8 heteroatoms. The number of hydrogen-bond acceptors (Lipinski definition) is 2. The fourth-order valence-electron chi connectivity index (χ4n) is 1.69. The summed E-state index contributed by atoms with van der Waals surface area (Å²) in [4.78, 5) is 11.0. The molecule has 0 unspecified atom stereocenters. The molecule has 1 aromatic carbocycles. The van der Waals surface area contributed by atoms with Crippen molar-refractivity contribution in [3.05, 3.63) is 44.8 Å². The van der Waals surface area contributed by atoms with Gasteiger partial charge in [0.2, 0.25) is 0 Å². The lowest BCUT2D eigenvalue weighted by molar-refractivity contribution is -0.137. The van der Waals surface area contributed by atoms with E-state index in [0.29, 0.717) is 9.26 Å². The molecule has 0 aliphatic rings. The Bertz CT molecular complexity index is 680. The number of hydrogen-bond donors (Lipinski definition) is 1. The van der Waals surface area contributed by atoms with E-state index in [9.17, 15) is 18.0 Å². The van der Waals surface area contributed by atoms with Crippen LogP contribution < -0.4 is 0 Å². The average Bonchev–Trinajstić information content (AvgIpc) is 2.66. The zero-order valence-corrected chi connectivity index (χ0v) is 12.2. The van der Waals surface area contributed by atoms with Crippen molar-refractivity contribution < 1.29 is 23.1 Å². The van der Waals surface area contributed by atoms with Gasteiger partial charge < -0.3 is 5.11 Å². The lowest BCUT2D eigenvalue weighted by atomic mass is 10.2. The zero-order chi connectivity index (χ0) is 15.1. The van der Waals surface area contributed by atoms with Crippen LogP contribution in [0.25, 0.3) is 5.69 Å². The van der Waals surface area contributed by atoms with E-state index in [2.05, 4.69) is 5.10 Å². The van der Waals surface area contributed by atoms with Gasteiger partial charge in [-0.3, -0.25) is 0 Å². The number of alkyl halides is 3. The van der Waals surface area contributed by atoms with Crippen molar-refractivity contribution in [2.24, 2.45) is 0 Å². The maximum absolute atomic E-state index is 12.7. The maximum atomic E-state index is 12.7. The Morgan fingerprint density at radius 3 is 2.55 bits per heavy atom. The standard InChI is InChI=1S/C12H8F3IN2O2/c1-6-9(16)10(11(19)20)17-18(6)8-4-2-3-7(5-8)12(13,14)15/h2-5H,1H3,(H,19,20). The largest absolute Gasteiger partial charge is 0.476 e. The molecule has 0 fully saturated rings. The summed E-state index contributed by atoms with van der Waals surface area (Å²) in [5.41, 5.74) is -0.345. The predicted molar refractivity (Wildman–Crippen MR) is 73.0 cm³/mol. The number of nitrogens with zero attached hydrogens (tertiary/aromatic N) is 2. The summed E-state index contributed by atoms with van der Waals surface area (Å²) < 4.78 is 39.6. The summed E-state index contributed by atoms with van der Waals surface area (Å²) in [5.74, 6) is -1.22. The van der Waals surface area contributed by atoms with Gasteiger partial charge in [0.15, 0.2) is 5.69 Å². The van der Waals surface area contributed by atoms with Crippen molar-refractivity contribution in [1.82, 2.24) is 9.78 Å². The van der Waals surface area contributed by atoms with Gasteiger partial charge in [0.05, 0.1) is 20.5 Å². The lowest BCUT2D eigenvalue weighted by Gasteiger charge is -2.09. The Kier molecular flexibility index (Phi) is 3.76. The molecule has 2 rings (SSSR count). The molecule has 0 spiro atoms. The molecule has 0 saturated carbocycles. The third-order valence-electron chi connectivity index (χ3n) is 2.66. The van der Waals surface area contributed by atoms with Gasteiger partial charge in [0, 0.05) is 0 Å². The molecular weight excluding hydrogens is 388 g/mol. The maximum Gasteiger partial charge on any atom is 0.416 e. The molecule has 0 bridgehead atoms. The number of carboxylic acid groups (broad SMARTS) is 1. The number of carboxylic acids is 1. The first-order valence-electron chi connectivity index (χ1n) is 5.38. The highest BCUT2D eigenvalue weighted by Crippen LogP contribution is 2.31. The van der Waals surface area contributed by atoms with Crippen LogP contribution in [-0.2, 0) is 6.18 Å². The van der Waals surface area contributed by atoms with Gasteiger partial charge in [-0.2, -0.15) is 18.3 Å². The zero-order valence-electron chi connectivity index (χ0n) is 10.1. The molecular formula is C12H8F3IN2O2. The highest BCUT2D eigenvalue weighted by molar-refractivity contribution is 14.1. The Labute approximate surface area is 125 Å². The van der Waals surface area contributed by atoms with Crippen LogP contribution in [0.3, 0.4) is 0 Å². The minimum atomic E-state index is -4.46. The van der Waals surface area contributed by atoms with Gasteiger partial charge in [-0.05, 0) is 47.7 Å². The summed E-state index contributed by atoms with van der Waals surface area (Å²) in [7, 11) is 0. The second kappa shape index (κ2) is 5.08. The van der Waals surface area contributed by atoms with E-state index in [4.69, 9.17) is 5.11 Å². The van der Waals surface area contributed by atoms with E-state index in [0.717, 1.165) is 12.1 Å². The summed E-state index contributed by atoms with van der Waals surface area (Å²) >= 11 is 1.81. The van der Waals surface area contributed by atoms with E-state index in [-0.39, 0.29) is 11.4 Å². The van der Waals surface area contributed by atoms with E-state index in [1.165, 1.54) is 16.8 Å².